The standard InChI is InChI=1S/C16H16N2O2/c1-11-4-2-3-5-13(11)16(19)18-8-9-20-15-7-6-12(17)10-14(15)18/h2-7,10H,8-9,17H2,1H3. The zero-order valence-electron chi connectivity index (χ0n) is 11.3. The van der Waals surface area contributed by atoms with Crippen LogP contribution in [-0.4, -0.2) is 19.1 Å². The molecule has 0 atom stereocenters. The Labute approximate surface area is 117 Å². The SMILES string of the molecule is Cc1ccccc1C(=O)N1CCOc2ccc(N)cc21. The third-order valence-corrected chi connectivity index (χ3v) is 3.47. The number of hydrogen-bond donors (Lipinski definition) is 1. The van der Waals surface area contributed by atoms with Crippen molar-refractivity contribution >= 4 is 17.3 Å². The van der Waals surface area contributed by atoms with Gasteiger partial charge in [-0.05, 0) is 36.8 Å². The van der Waals surface area contributed by atoms with Crippen molar-refractivity contribution in [3.63, 3.8) is 0 Å². The third kappa shape index (κ3) is 2.09. The highest BCUT2D eigenvalue weighted by atomic mass is 16.5. The lowest BCUT2D eigenvalue weighted by molar-refractivity contribution is 0.0976. The molecule has 0 saturated carbocycles. The smallest absolute Gasteiger partial charge is 0.258 e. The number of nitrogen functional groups attached to an aromatic ring is 1. The Morgan fingerprint density at radius 3 is 2.85 bits per heavy atom. The number of anilines is 2. The summed E-state index contributed by atoms with van der Waals surface area (Å²) in [6.07, 6.45) is 0. The summed E-state index contributed by atoms with van der Waals surface area (Å²) < 4.78 is 5.58. The molecule has 2 N–H and O–H groups in total. The second-order valence-corrected chi connectivity index (χ2v) is 4.85. The number of rotatable bonds is 1. The van der Waals surface area contributed by atoms with Gasteiger partial charge in [-0.25, -0.2) is 0 Å². The van der Waals surface area contributed by atoms with Gasteiger partial charge in [0.1, 0.15) is 12.4 Å². The van der Waals surface area contributed by atoms with Crippen LogP contribution in [-0.2, 0) is 0 Å². The molecule has 2 aromatic carbocycles. The van der Waals surface area contributed by atoms with Crippen molar-refractivity contribution in [1.29, 1.82) is 0 Å². The van der Waals surface area contributed by atoms with Crippen LogP contribution in [0.1, 0.15) is 15.9 Å². The first-order valence-corrected chi connectivity index (χ1v) is 6.56. The maximum atomic E-state index is 12.7. The fraction of sp³-hybridized carbons (Fsp3) is 0.188. The van der Waals surface area contributed by atoms with Gasteiger partial charge < -0.3 is 15.4 Å². The van der Waals surface area contributed by atoms with Crippen molar-refractivity contribution in [1.82, 2.24) is 0 Å². The molecule has 0 unspecified atom stereocenters. The fourth-order valence-electron chi connectivity index (χ4n) is 2.40. The zero-order valence-corrected chi connectivity index (χ0v) is 11.3. The minimum absolute atomic E-state index is 0.0155. The molecule has 4 nitrogen and oxygen atoms in total. The molecule has 0 aromatic heterocycles. The molecule has 1 heterocycles. The second kappa shape index (κ2) is 4.89. The predicted molar refractivity (Wildman–Crippen MR) is 79.2 cm³/mol. The molecule has 0 spiro atoms. The average molecular weight is 268 g/mol. The Morgan fingerprint density at radius 2 is 2.05 bits per heavy atom. The largest absolute Gasteiger partial charge is 0.490 e. The van der Waals surface area contributed by atoms with Crippen molar-refractivity contribution in [2.45, 2.75) is 6.92 Å². The molecule has 3 rings (SSSR count). The normalized spacial score (nSPS) is 13.6. The molecule has 20 heavy (non-hydrogen) atoms. The third-order valence-electron chi connectivity index (χ3n) is 3.47. The maximum absolute atomic E-state index is 12.7. The van der Waals surface area contributed by atoms with Crippen LogP contribution >= 0.6 is 0 Å². The van der Waals surface area contributed by atoms with Gasteiger partial charge in [0.25, 0.3) is 5.91 Å². The number of carbonyl (C=O) groups is 1. The Balaban J connectivity index is 2.03. The van der Waals surface area contributed by atoms with E-state index in [1.54, 1.807) is 17.0 Å². The minimum atomic E-state index is -0.0155. The number of hydrogen-bond acceptors (Lipinski definition) is 3. The Morgan fingerprint density at radius 1 is 1.25 bits per heavy atom. The van der Waals surface area contributed by atoms with Crippen LogP contribution in [0.25, 0.3) is 0 Å². The molecule has 1 aliphatic heterocycles. The van der Waals surface area contributed by atoms with Gasteiger partial charge in [0.2, 0.25) is 0 Å². The van der Waals surface area contributed by atoms with Gasteiger partial charge in [0.05, 0.1) is 12.2 Å². The van der Waals surface area contributed by atoms with E-state index in [4.69, 9.17) is 10.5 Å². The van der Waals surface area contributed by atoms with Crippen molar-refractivity contribution in [2.24, 2.45) is 0 Å². The average Bonchev–Trinajstić information content (AvgIpc) is 2.46. The summed E-state index contributed by atoms with van der Waals surface area (Å²) in [6, 6.07) is 13.0. The lowest BCUT2D eigenvalue weighted by Gasteiger charge is -2.30. The van der Waals surface area contributed by atoms with Crippen molar-refractivity contribution in [3.8, 4) is 5.75 Å². The molecule has 0 saturated heterocycles. The van der Waals surface area contributed by atoms with Gasteiger partial charge in [0.15, 0.2) is 0 Å². The summed E-state index contributed by atoms with van der Waals surface area (Å²) in [5, 5.41) is 0. The minimum Gasteiger partial charge on any atom is -0.490 e. The monoisotopic (exact) mass is 268 g/mol. The van der Waals surface area contributed by atoms with Crippen LogP contribution in [0.4, 0.5) is 11.4 Å². The summed E-state index contributed by atoms with van der Waals surface area (Å²) in [5.41, 5.74) is 8.86. The van der Waals surface area contributed by atoms with E-state index in [9.17, 15) is 4.79 Å². The summed E-state index contributed by atoms with van der Waals surface area (Å²) in [7, 11) is 0. The van der Waals surface area contributed by atoms with Gasteiger partial charge in [-0.3, -0.25) is 4.79 Å². The Hall–Kier alpha value is -2.49. The number of amides is 1. The fourth-order valence-corrected chi connectivity index (χ4v) is 2.40. The first-order chi connectivity index (χ1) is 9.66. The number of carbonyl (C=O) groups excluding carboxylic acids is 1. The van der Waals surface area contributed by atoms with Crippen molar-refractivity contribution in [3.05, 3.63) is 53.6 Å². The number of nitrogens with two attached hydrogens (primary N) is 1. The first-order valence-electron chi connectivity index (χ1n) is 6.56. The lowest BCUT2D eigenvalue weighted by atomic mass is 10.1. The van der Waals surface area contributed by atoms with Gasteiger partial charge in [0, 0.05) is 11.3 Å². The van der Waals surface area contributed by atoms with E-state index in [0.717, 1.165) is 11.3 Å². The van der Waals surface area contributed by atoms with E-state index < -0.39 is 0 Å². The van der Waals surface area contributed by atoms with Crippen LogP contribution in [0.3, 0.4) is 0 Å². The van der Waals surface area contributed by atoms with Crippen molar-refractivity contribution in [2.75, 3.05) is 23.8 Å². The zero-order chi connectivity index (χ0) is 14.1. The van der Waals surface area contributed by atoms with Gasteiger partial charge >= 0.3 is 0 Å². The van der Waals surface area contributed by atoms with Crippen LogP contribution in [0, 0.1) is 6.92 Å². The molecule has 0 fully saturated rings. The maximum Gasteiger partial charge on any atom is 0.258 e. The quantitative estimate of drug-likeness (QED) is 0.809. The molecule has 1 aliphatic rings. The Bertz CT molecular complexity index is 667. The molecule has 0 bridgehead atoms. The van der Waals surface area contributed by atoms with Gasteiger partial charge in [-0.15, -0.1) is 0 Å². The highest BCUT2D eigenvalue weighted by molar-refractivity contribution is 6.08. The molecular formula is C16H16N2O2. The van der Waals surface area contributed by atoms with Gasteiger partial charge in [-0.2, -0.15) is 0 Å². The van der Waals surface area contributed by atoms with Crippen LogP contribution in [0.2, 0.25) is 0 Å². The molecule has 4 heteroatoms. The number of benzene rings is 2. The molecule has 1 amide bonds. The van der Waals surface area contributed by atoms with Crippen LogP contribution < -0.4 is 15.4 Å². The number of ether oxygens (including phenoxy) is 1. The topological polar surface area (TPSA) is 55.6 Å². The first kappa shape index (κ1) is 12.5. The summed E-state index contributed by atoms with van der Waals surface area (Å²) >= 11 is 0. The molecule has 102 valence electrons. The molecular weight excluding hydrogens is 252 g/mol. The van der Waals surface area contributed by atoms with E-state index in [0.29, 0.717) is 30.2 Å². The second-order valence-electron chi connectivity index (χ2n) is 4.85. The molecule has 0 radical (unpaired) electrons. The predicted octanol–water partition coefficient (Wildman–Crippen LogP) is 2.62. The van der Waals surface area contributed by atoms with E-state index in [-0.39, 0.29) is 5.91 Å². The number of fused-ring (bicyclic) bond motifs is 1. The van der Waals surface area contributed by atoms with Gasteiger partial charge in [-0.1, -0.05) is 18.2 Å². The van der Waals surface area contributed by atoms with E-state index in [1.165, 1.54) is 0 Å². The highest BCUT2D eigenvalue weighted by Gasteiger charge is 2.25. The number of nitrogens with zero attached hydrogens (tertiary/aromatic N) is 1. The van der Waals surface area contributed by atoms with E-state index in [1.807, 2.05) is 37.3 Å². The Kier molecular flexibility index (Phi) is 3.06. The molecule has 0 aliphatic carbocycles. The summed E-state index contributed by atoms with van der Waals surface area (Å²) in [6.45, 7) is 2.96. The summed E-state index contributed by atoms with van der Waals surface area (Å²) in [5.74, 6) is 0.686. The van der Waals surface area contributed by atoms with Crippen LogP contribution in [0.15, 0.2) is 42.5 Å². The van der Waals surface area contributed by atoms with Crippen LogP contribution in [0.5, 0.6) is 5.75 Å². The highest BCUT2D eigenvalue weighted by Crippen LogP contribution is 2.34. The molecule has 2 aromatic rings. The van der Waals surface area contributed by atoms with E-state index >= 15 is 0 Å². The lowest BCUT2D eigenvalue weighted by Crippen LogP contribution is -2.38. The van der Waals surface area contributed by atoms with Crippen molar-refractivity contribution < 1.29 is 9.53 Å². The number of aryl methyl sites for hydroxylation is 1. The van der Waals surface area contributed by atoms with E-state index in [2.05, 4.69) is 0 Å². The summed E-state index contributed by atoms with van der Waals surface area (Å²) in [4.78, 5) is 14.5.